The van der Waals surface area contributed by atoms with Crippen molar-refractivity contribution < 1.29 is 9.47 Å². The summed E-state index contributed by atoms with van der Waals surface area (Å²) in [6, 6.07) is 8.66. The maximum absolute atomic E-state index is 5.78. The number of rotatable bonds is 9. The number of hydrogen-bond acceptors (Lipinski definition) is 3. The number of methoxy groups -OCH3 is 1. The van der Waals surface area contributed by atoms with Crippen LogP contribution < -0.4 is 10.1 Å². The molecule has 1 aromatic rings. The van der Waals surface area contributed by atoms with Crippen molar-refractivity contribution in [2.45, 2.75) is 45.3 Å². The highest BCUT2D eigenvalue weighted by Crippen LogP contribution is 2.40. The van der Waals surface area contributed by atoms with Crippen LogP contribution in [0.5, 0.6) is 5.75 Å². The molecule has 0 saturated heterocycles. The Balaban J connectivity index is 2.17. The van der Waals surface area contributed by atoms with E-state index in [1.165, 1.54) is 18.4 Å². The summed E-state index contributed by atoms with van der Waals surface area (Å²) in [4.78, 5) is 0. The fourth-order valence-corrected chi connectivity index (χ4v) is 2.71. The van der Waals surface area contributed by atoms with Crippen LogP contribution in [0.2, 0.25) is 0 Å². The first-order chi connectivity index (χ1) is 9.80. The van der Waals surface area contributed by atoms with Gasteiger partial charge in [0.1, 0.15) is 5.75 Å². The molecule has 112 valence electrons. The Morgan fingerprint density at radius 1 is 1.30 bits per heavy atom. The summed E-state index contributed by atoms with van der Waals surface area (Å²) >= 11 is 0. The summed E-state index contributed by atoms with van der Waals surface area (Å²) in [5, 5.41) is 3.65. The van der Waals surface area contributed by atoms with E-state index >= 15 is 0 Å². The highest BCUT2D eigenvalue weighted by atomic mass is 16.5. The highest BCUT2D eigenvalue weighted by molar-refractivity contribution is 5.31. The fourth-order valence-electron chi connectivity index (χ4n) is 2.71. The van der Waals surface area contributed by atoms with E-state index in [0.717, 1.165) is 18.7 Å². The van der Waals surface area contributed by atoms with E-state index < -0.39 is 0 Å². The highest BCUT2D eigenvalue weighted by Gasteiger charge is 2.37. The molecule has 2 unspecified atom stereocenters. The van der Waals surface area contributed by atoms with Crippen LogP contribution in [-0.4, -0.2) is 26.4 Å². The number of nitrogens with one attached hydrogen (secondary N) is 1. The van der Waals surface area contributed by atoms with E-state index in [4.69, 9.17) is 9.47 Å². The summed E-state index contributed by atoms with van der Waals surface area (Å²) < 4.78 is 11.4. The van der Waals surface area contributed by atoms with Gasteiger partial charge in [-0.15, -0.1) is 0 Å². The first-order valence-corrected chi connectivity index (χ1v) is 7.79. The van der Waals surface area contributed by atoms with E-state index in [9.17, 15) is 0 Å². The lowest BCUT2D eigenvalue weighted by atomic mass is 9.97. The van der Waals surface area contributed by atoms with Gasteiger partial charge in [0, 0.05) is 7.11 Å². The van der Waals surface area contributed by atoms with Crippen LogP contribution in [0, 0.1) is 5.92 Å². The molecule has 0 bridgehead atoms. The third-order valence-electron chi connectivity index (χ3n) is 3.83. The first kappa shape index (κ1) is 15.3. The minimum atomic E-state index is 0.257. The average Bonchev–Trinajstić information content (AvgIpc) is 3.28. The second-order valence-electron chi connectivity index (χ2n) is 5.48. The molecule has 3 heteroatoms. The zero-order valence-corrected chi connectivity index (χ0v) is 12.9. The van der Waals surface area contributed by atoms with Crippen molar-refractivity contribution in [1.29, 1.82) is 0 Å². The molecule has 0 aliphatic heterocycles. The smallest absolute Gasteiger partial charge is 0.119 e. The molecule has 1 N–H and O–H groups in total. The van der Waals surface area contributed by atoms with E-state index in [-0.39, 0.29) is 12.1 Å². The Hall–Kier alpha value is -1.06. The standard InChI is InChI=1S/C17H27NO2/c1-4-11-18-16(17(19-3)13-9-10-13)14-7-6-8-15(12-14)20-5-2/h6-8,12-13,16-18H,4-5,9-11H2,1-3H3. The maximum Gasteiger partial charge on any atom is 0.119 e. The van der Waals surface area contributed by atoms with Crippen molar-refractivity contribution in [3.05, 3.63) is 29.8 Å². The van der Waals surface area contributed by atoms with Crippen LogP contribution in [0.25, 0.3) is 0 Å². The van der Waals surface area contributed by atoms with Crippen molar-refractivity contribution in [2.24, 2.45) is 5.92 Å². The molecule has 1 aliphatic rings. The molecule has 2 atom stereocenters. The quantitative estimate of drug-likeness (QED) is 0.749. The van der Waals surface area contributed by atoms with E-state index in [0.29, 0.717) is 12.5 Å². The fraction of sp³-hybridized carbons (Fsp3) is 0.647. The van der Waals surface area contributed by atoms with Gasteiger partial charge in [0.25, 0.3) is 0 Å². The Morgan fingerprint density at radius 2 is 2.10 bits per heavy atom. The van der Waals surface area contributed by atoms with Gasteiger partial charge in [-0.3, -0.25) is 0 Å². The van der Waals surface area contributed by atoms with Crippen molar-refractivity contribution in [1.82, 2.24) is 5.32 Å². The molecular formula is C17H27NO2. The van der Waals surface area contributed by atoms with Gasteiger partial charge in [0.15, 0.2) is 0 Å². The van der Waals surface area contributed by atoms with Crippen molar-refractivity contribution in [2.75, 3.05) is 20.3 Å². The summed E-state index contributed by atoms with van der Waals surface area (Å²) in [6.45, 7) is 5.92. The second-order valence-corrected chi connectivity index (χ2v) is 5.48. The summed E-state index contributed by atoms with van der Waals surface area (Å²) in [7, 11) is 1.83. The normalized spacial score (nSPS) is 17.8. The Labute approximate surface area is 122 Å². The average molecular weight is 277 g/mol. The lowest BCUT2D eigenvalue weighted by molar-refractivity contribution is 0.0506. The zero-order chi connectivity index (χ0) is 14.4. The van der Waals surface area contributed by atoms with E-state index in [2.05, 4.69) is 30.4 Å². The predicted octanol–water partition coefficient (Wildman–Crippen LogP) is 3.55. The molecule has 20 heavy (non-hydrogen) atoms. The SMILES string of the molecule is CCCNC(c1cccc(OCC)c1)C(OC)C1CC1. The van der Waals surface area contributed by atoms with Crippen LogP contribution in [0.15, 0.2) is 24.3 Å². The molecule has 0 spiro atoms. The van der Waals surface area contributed by atoms with Gasteiger partial charge in [0.2, 0.25) is 0 Å². The zero-order valence-electron chi connectivity index (χ0n) is 12.9. The van der Waals surface area contributed by atoms with Gasteiger partial charge in [-0.1, -0.05) is 19.1 Å². The molecule has 1 aliphatic carbocycles. The Kier molecular flexibility index (Phi) is 5.86. The third kappa shape index (κ3) is 3.97. The second kappa shape index (κ2) is 7.65. The Bertz CT molecular complexity index is 404. The molecule has 0 heterocycles. The van der Waals surface area contributed by atoms with Gasteiger partial charge in [-0.05, 0) is 56.3 Å². The molecule has 0 amide bonds. The van der Waals surface area contributed by atoms with Gasteiger partial charge in [-0.25, -0.2) is 0 Å². The molecule has 2 rings (SSSR count). The largest absolute Gasteiger partial charge is 0.494 e. The van der Waals surface area contributed by atoms with Gasteiger partial charge >= 0.3 is 0 Å². The summed E-state index contributed by atoms with van der Waals surface area (Å²) in [5.74, 6) is 1.64. The molecule has 1 saturated carbocycles. The minimum absolute atomic E-state index is 0.257. The molecular weight excluding hydrogens is 250 g/mol. The van der Waals surface area contributed by atoms with Crippen molar-refractivity contribution in [3.8, 4) is 5.75 Å². The Morgan fingerprint density at radius 3 is 2.70 bits per heavy atom. The molecule has 0 aromatic heterocycles. The molecule has 1 fully saturated rings. The van der Waals surface area contributed by atoms with Crippen LogP contribution in [0.4, 0.5) is 0 Å². The summed E-state index contributed by atoms with van der Waals surface area (Å²) in [5.41, 5.74) is 1.27. The maximum atomic E-state index is 5.78. The monoisotopic (exact) mass is 277 g/mol. The van der Waals surface area contributed by atoms with Crippen LogP contribution >= 0.6 is 0 Å². The summed E-state index contributed by atoms with van der Waals surface area (Å²) in [6.07, 6.45) is 3.96. The molecule has 1 aromatic carbocycles. The first-order valence-electron chi connectivity index (χ1n) is 7.79. The van der Waals surface area contributed by atoms with Gasteiger partial charge < -0.3 is 14.8 Å². The van der Waals surface area contributed by atoms with Crippen LogP contribution in [-0.2, 0) is 4.74 Å². The number of hydrogen-bond donors (Lipinski definition) is 1. The number of ether oxygens (including phenoxy) is 2. The lowest BCUT2D eigenvalue weighted by Gasteiger charge is -2.28. The van der Waals surface area contributed by atoms with Crippen molar-refractivity contribution in [3.63, 3.8) is 0 Å². The minimum Gasteiger partial charge on any atom is -0.494 e. The molecule has 3 nitrogen and oxygen atoms in total. The van der Waals surface area contributed by atoms with E-state index in [1.807, 2.05) is 20.1 Å². The van der Waals surface area contributed by atoms with Crippen molar-refractivity contribution >= 4 is 0 Å². The number of benzene rings is 1. The molecule has 0 radical (unpaired) electrons. The van der Waals surface area contributed by atoms with Gasteiger partial charge in [0.05, 0.1) is 18.8 Å². The topological polar surface area (TPSA) is 30.5 Å². The van der Waals surface area contributed by atoms with E-state index in [1.54, 1.807) is 0 Å². The van der Waals surface area contributed by atoms with Gasteiger partial charge in [-0.2, -0.15) is 0 Å². The lowest BCUT2D eigenvalue weighted by Crippen LogP contribution is -2.35. The third-order valence-corrected chi connectivity index (χ3v) is 3.83. The predicted molar refractivity (Wildman–Crippen MR) is 82.2 cm³/mol. The van der Waals surface area contributed by atoms with Crippen LogP contribution in [0.1, 0.15) is 44.7 Å². The van der Waals surface area contributed by atoms with Crippen LogP contribution in [0.3, 0.4) is 0 Å².